The highest BCUT2D eigenvalue weighted by Gasteiger charge is 2.20. The first-order valence-corrected chi connectivity index (χ1v) is 11.4. The molecule has 1 amide bonds. The van der Waals surface area contributed by atoms with Crippen molar-refractivity contribution >= 4 is 6.09 Å². The molecule has 2 aromatic heterocycles. The van der Waals surface area contributed by atoms with Crippen LogP contribution >= 0.6 is 0 Å². The second-order valence-corrected chi connectivity index (χ2v) is 8.33. The SMILES string of the molecule is CCCCCN(C)C(=O)OCc1c(-c2ncc(OC3CCCCC3)c(C)n2)cnn1C. The van der Waals surface area contributed by atoms with Crippen molar-refractivity contribution in [3.8, 4) is 17.1 Å². The van der Waals surface area contributed by atoms with E-state index in [1.54, 1.807) is 29.0 Å². The van der Waals surface area contributed by atoms with Crippen LogP contribution in [0.3, 0.4) is 0 Å². The lowest BCUT2D eigenvalue weighted by molar-refractivity contribution is 0.102. The van der Waals surface area contributed by atoms with E-state index in [1.807, 2.05) is 14.0 Å². The van der Waals surface area contributed by atoms with Gasteiger partial charge in [0.1, 0.15) is 6.61 Å². The van der Waals surface area contributed by atoms with E-state index in [-0.39, 0.29) is 18.8 Å². The second kappa shape index (κ2) is 11.1. The molecule has 2 aromatic rings. The minimum absolute atomic E-state index is 0.117. The Labute approximate surface area is 185 Å². The van der Waals surface area contributed by atoms with E-state index in [4.69, 9.17) is 9.47 Å². The third-order valence-electron chi connectivity index (χ3n) is 5.82. The number of ether oxygens (including phenoxy) is 2. The van der Waals surface area contributed by atoms with Crippen molar-refractivity contribution in [2.75, 3.05) is 13.6 Å². The lowest BCUT2D eigenvalue weighted by Crippen LogP contribution is -2.28. The Morgan fingerprint density at radius 3 is 2.71 bits per heavy atom. The molecule has 1 aliphatic rings. The highest BCUT2D eigenvalue weighted by atomic mass is 16.6. The number of aromatic nitrogens is 4. The zero-order valence-electron chi connectivity index (χ0n) is 19.3. The molecule has 31 heavy (non-hydrogen) atoms. The fraction of sp³-hybridized carbons (Fsp3) is 0.652. The first-order valence-electron chi connectivity index (χ1n) is 11.4. The normalized spacial score (nSPS) is 14.5. The Bertz CT molecular complexity index is 861. The summed E-state index contributed by atoms with van der Waals surface area (Å²) < 4.78 is 13.4. The van der Waals surface area contributed by atoms with Gasteiger partial charge in [-0.2, -0.15) is 5.10 Å². The number of carbonyl (C=O) groups is 1. The van der Waals surface area contributed by atoms with Crippen molar-refractivity contribution in [2.24, 2.45) is 7.05 Å². The van der Waals surface area contributed by atoms with Crippen LogP contribution in [0, 0.1) is 6.92 Å². The van der Waals surface area contributed by atoms with Crippen LogP contribution in [0.25, 0.3) is 11.4 Å². The van der Waals surface area contributed by atoms with E-state index in [0.717, 1.165) is 54.8 Å². The van der Waals surface area contributed by atoms with Gasteiger partial charge in [-0.25, -0.2) is 14.8 Å². The molecular formula is C23H35N5O3. The first kappa shape index (κ1) is 23.0. The summed E-state index contributed by atoms with van der Waals surface area (Å²) in [5, 5.41) is 4.32. The summed E-state index contributed by atoms with van der Waals surface area (Å²) in [4.78, 5) is 23.1. The molecule has 1 fully saturated rings. The van der Waals surface area contributed by atoms with E-state index in [0.29, 0.717) is 12.4 Å². The summed E-state index contributed by atoms with van der Waals surface area (Å²) >= 11 is 0. The maximum absolute atomic E-state index is 12.3. The van der Waals surface area contributed by atoms with E-state index >= 15 is 0 Å². The number of hydrogen-bond acceptors (Lipinski definition) is 6. The molecule has 170 valence electrons. The van der Waals surface area contributed by atoms with Gasteiger partial charge < -0.3 is 14.4 Å². The highest BCUT2D eigenvalue weighted by molar-refractivity contribution is 5.67. The van der Waals surface area contributed by atoms with Crippen LogP contribution in [-0.2, 0) is 18.4 Å². The van der Waals surface area contributed by atoms with E-state index < -0.39 is 0 Å². The van der Waals surface area contributed by atoms with Crippen molar-refractivity contribution in [1.82, 2.24) is 24.6 Å². The molecule has 0 saturated heterocycles. The molecule has 0 atom stereocenters. The summed E-state index contributed by atoms with van der Waals surface area (Å²) in [6.07, 6.45) is 12.5. The third-order valence-corrected chi connectivity index (χ3v) is 5.82. The molecule has 0 aliphatic heterocycles. The van der Waals surface area contributed by atoms with Gasteiger partial charge in [-0.15, -0.1) is 0 Å². The molecule has 0 bridgehead atoms. The highest BCUT2D eigenvalue weighted by Crippen LogP contribution is 2.27. The van der Waals surface area contributed by atoms with Gasteiger partial charge in [-0.05, 0) is 39.0 Å². The van der Waals surface area contributed by atoms with Crippen molar-refractivity contribution in [3.05, 3.63) is 23.8 Å². The van der Waals surface area contributed by atoms with Crippen molar-refractivity contribution in [1.29, 1.82) is 0 Å². The van der Waals surface area contributed by atoms with Crippen molar-refractivity contribution in [2.45, 2.75) is 77.9 Å². The number of unbranched alkanes of at least 4 members (excludes halogenated alkanes) is 2. The van der Waals surface area contributed by atoms with Gasteiger partial charge in [0.15, 0.2) is 11.6 Å². The van der Waals surface area contributed by atoms with Crippen LogP contribution in [0.5, 0.6) is 5.75 Å². The van der Waals surface area contributed by atoms with Crippen molar-refractivity contribution < 1.29 is 14.3 Å². The van der Waals surface area contributed by atoms with Gasteiger partial charge in [0.05, 0.1) is 35.4 Å². The number of rotatable bonds is 9. The number of aryl methyl sites for hydroxylation is 2. The Kier molecular flexibility index (Phi) is 8.26. The molecule has 0 spiro atoms. The molecule has 8 heteroatoms. The lowest BCUT2D eigenvalue weighted by atomic mass is 9.98. The number of amides is 1. The Balaban J connectivity index is 1.65. The van der Waals surface area contributed by atoms with E-state index in [2.05, 4.69) is 22.0 Å². The summed E-state index contributed by atoms with van der Waals surface area (Å²) in [5.74, 6) is 1.30. The molecule has 0 aromatic carbocycles. The molecule has 0 radical (unpaired) electrons. The van der Waals surface area contributed by atoms with Gasteiger partial charge in [0.25, 0.3) is 0 Å². The predicted molar refractivity (Wildman–Crippen MR) is 119 cm³/mol. The van der Waals surface area contributed by atoms with Crippen LogP contribution < -0.4 is 4.74 Å². The zero-order valence-corrected chi connectivity index (χ0v) is 19.3. The average molecular weight is 430 g/mol. The van der Waals surface area contributed by atoms with Crippen LogP contribution in [0.4, 0.5) is 4.79 Å². The molecule has 3 rings (SSSR count). The van der Waals surface area contributed by atoms with E-state index in [1.165, 1.54) is 19.3 Å². The molecule has 1 aliphatic carbocycles. The predicted octanol–water partition coefficient (Wildman–Crippen LogP) is 4.66. The smallest absolute Gasteiger partial charge is 0.409 e. The summed E-state index contributed by atoms with van der Waals surface area (Å²) in [7, 11) is 3.59. The Morgan fingerprint density at radius 1 is 1.23 bits per heavy atom. The summed E-state index contributed by atoms with van der Waals surface area (Å²) in [6.45, 7) is 4.88. The minimum Gasteiger partial charge on any atom is -0.487 e. The number of carbonyl (C=O) groups excluding carboxylic acids is 1. The van der Waals surface area contributed by atoms with Crippen LogP contribution in [0.15, 0.2) is 12.4 Å². The average Bonchev–Trinajstić information content (AvgIpc) is 3.14. The second-order valence-electron chi connectivity index (χ2n) is 8.33. The molecule has 8 nitrogen and oxygen atoms in total. The van der Waals surface area contributed by atoms with Crippen molar-refractivity contribution in [3.63, 3.8) is 0 Å². The monoisotopic (exact) mass is 429 g/mol. The van der Waals surface area contributed by atoms with Gasteiger partial charge in [-0.3, -0.25) is 4.68 Å². The van der Waals surface area contributed by atoms with Crippen LogP contribution in [-0.4, -0.2) is 50.4 Å². The minimum atomic E-state index is -0.336. The molecule has 0 N–H and O–H groups in total. The first-order chi connectivity index (χ1) is 15.0. The third kappa shape index (κ3) is 6.18. The van der Waals surface area contributed by atoms with Gasteiger partial charge in [0, 0.05) is 20.6 Å². The lowest BCUT2D eigenvalue weighted by Gasteiger charge is -2.23. The maximum Gasteiger partial charge on any atom is 0.409 e. The maximum atomic E-state index is 12.3. The van der Waals surface area contributed by atoms with Crippen LogP contribution in [0.1, 0.15) is 69.7 Å². The quantitative estimate of drug-likeness (QED) is 0.539. The Morgan fingerprint density at radius 2 is 2.00 bits per heavy atom. The topological polar surface area (TPSA) is 82.4 Å². The molecular weight excluding hydrogens is 394 g/mol. The number of hydrogen-bond donors (Lipinski definition) is 0. The number of nitrogens with zero attached hydrogens (tertiary/aromatic N) is 5. The molecule has 2 heterocycles. The van der Waals surface area contributed by atoms with E-state index in [9.17, 15) is 4.79 Å². The largest absolute Gasteiger partial charge is 0.487 e. The molecule has 1 saturated carbocycles. The fourth-order valence-electron chi connectivity index (χ4n) is 3.82. The standard InChI is InChI=1S/C23H35N5O3/c1-5-6-10-13-27(3)23(29)30-16-20-19(14-25-28(20)4)22-24-15-21(17(2)26-22)31-18-11-8-7-9-12-18/h14-15,18H,5-13,16H2,1-4H3. The molecule has 0 unspecified atom stereocenters. The van der Waals surface area contributed by atoms with Crippen LogP contribution in [0.2, 0.25) is 0 Å². The van der Waals surface area contributed by atoms with Gasteiger partial charge in [-0.1, -0.05) is 26.2 Å². The Hall–Kier alpha value is -2.64. The van der Waals surface area contributed by atoms with Gasteiger partial charge >= 0.3 is 6.09 Å². The summed E-state index contributed by atoms with van der Waals surface area (Å²) in [6, 6.07) is 0. The summed E-state index contributed by atoms with van der Waals surface area (Å²) in [5.41, 5.74) is 2.32. The zero-order chi connectivity index (χ0) is 22.2. The fourth-order valence-corrected chi connectivity index (χ4v) is 3.82. The van der Waals surface area contributed by atoms with Gasteiger partial charge in [0.2, 0.25) is 0 Å².